The van der Waals surface area contributed by atoms with Crippen LogP contribution in [0.4, 0.5) is 0 Å². The predicted molar refractivity (Wildman–Crippen MR) is 77.5 cm³/mol. The maximum absolute atomic E-state index is 11.8. The van der Waals surface area contributed by atoms with Crippen molar-refractivity contribution < 1.29 is 4.79 Å². The van der Waals surface area contributed by atoms with Crippen molar-refractivity contribution in [3.63, 3.8) is 0 Å². The molecule has 0 bridgehead atoms. The van der Waals surface area contributed by atoms with Gasteiger partial charge in [0, 0.05) is 9.13 Å². The minimum atomic E-state index is -0.236. The molecular formula is C11H13IN2OS. The summed E-state index contributed by atoms with van der Waals surface area (Å²) in [6.45, 7) is 1.93. The molecule has 1 atom stereocenters. The van der Waals surface area contributed by atoms with Crippen LogP contribution in [-0.2, 0) is 0 Å². The van der Waals surface area contributed by atoms with Crippen LogP contribution < -0.4 is 11.1 Å². The number of halogens is 1. The van der Waals surface area contributed by atoms with Crippen LogP contribution in [0.2, 0.25) is 0 Å². The van der Waals surface area contributed by atoms with Gasteiger partial charge >= 0.3 is 0 Å². The summed E-state index contributed by atoms with van der Waals surface area (Å²) in [7, 11) is 0. The van der Waals surface area contributed by atoms with Crippen LogP contribution in [0.1, 0.15) is 23.7 Å². The molecule has 16 heavy (non-hydrogen) atoms. The topological polar surface area (TPSA) is 55.1 Å². The van der Waals surface area contributed by atoms with E-state index in [4.69, 9.17) is 18.0 Å². The van der Waals surface area contributed by atoms with Crippen molar-refractivity contribution in [3.8, 4) is 0 Å². The monoisotopic (exact) mass is 348 g/mol. The van der Waals surface area contributed by atoms with Gasteiger partial charge in [0.2, 0.25) is 0 Å². The first-order valence-corrected chi connectivity index (χ1v) is 6.39. The average molecular weight is 348 g/mol. The number of amides is 1. The molecule has 5 heteroatoms. The lowest BCUT2D eigenvalue weighted by Gasteiger charge is -2.15. The molecule has 1 unspecified atom stereocenters. The van der Waals surface area contributed by atoms with E-state index in [1.807, 2.05) is 25.1 Å². The average Bonchev–Trinajstić information content (AvgIpc) is 2.25. The van der Waals surface area contributed by atoms with Crippen LogP contribution in [0.25, 0.3) is 0 Å². The molecule has 0 aromatic heterocycles. The van der Waals surface area contributed by atoms with Crippen LogP contribution >= 0.6 is 34.8 Å². The molecule has 3 nitrogen and oxygen atoms in total. The van der Waals surface area contributed by atoms with E-state index in [1.165, 1.54) is 0 Å². The van der Waals surface area contributed by atoms with Crippen molar-refractivity contribution in [3.05, 3.63) is 33.4 Å². The summed E-state index contributed by atoms with van der Waals surface area (Å²) in [4.78, 5) is 12.2. The molecule has 0 fully saturated rings. The van der Waals surface area contributed by atoms with Crippen molar-refractivity contribution in [2.24, 2.45) is 5.73 Å². The molecular weight excluding hydrogens is 335 g/mol. The molecule has 0 spiro atoms. The maximum atomic E-state index is 11.8. The molecule has 0 aliphatic carbocycles. The van der Waals surface area contributed by atoms with Gasteiger partial charge in [-0.15, -0.1) is 0 Å². The first-order valence-electron chi connectivity index (χ1n) is 4.90. The van der Waals surface area contributed by atoms with Crippen LogP contribution in [0.3, 0.4) is 0 Å². The minimum absolute atomic E-state index is 0.141. The summed E-state index contributed by atoms with van der Waals surface area (Å²) in [6.07, 6.45) is 0.699. The summed E-state index contributed by atoms with van der Waals surface area (Å²) < 4.78 is 1.02. The number of benzene rings is 1. The first kappa shape index (κ1) is 13.4. The van der Waals surface area contributed by atoms with Gasteiger partial charge in [-0.1, -0.05) is 25.2 Å². The van der Waals surface area contributed by atoms with Gasteiger partial charge in [-0.25, -0.2) is 0 Å². The van der Waals surface area contributed by atoms with E-state index in [0.29, 0.717) is 17.0 Å². The highest BCUT2D eigenvalue weighted by atomic mass is 127. The van der Waals surface area contributed by atoms with Gasteiger partial charge < -0.3 is 11.1 Å². The molecule has 0 aliphatic rings. The first-order chi connectivity index (χ1) is 7.54. The van der Waals surface area contributed by atoms with Crippen molar-refractivity contribution >= 4 is 45.7 Å². The van der Waals surface area contributed by atoms with Crippen LogP contribution in [-0.4, -0.2) is 16.9 Å². The Morgan fingerprint density at radius 1 is 1.62 bits per heavy atom. The SMILES string of the molecule is CCC(NC(=O)c1cccc(I)c1)C(N)=S. The lowest BCUT2D eigenvalue weighted by Crippen LogP contribution is -2.43. The van der Waals surface area contributed by atoms with Crippen molar-refractivity contribution in [2.75, 3.05) is 0 Å². The van der Waals surface area contributed by atoms with Crippen molar-refractivity contribution in [2.45, 2.75) is 19.4 Å². The third-order valence-corrected chi connectivity index (χ3v) is 3.10. The van der Waals surface area contributed by atoms with Gasteiger partial charge in [-0.05, 0) is 47.2 Å². The number of nitrogens with one attached hydrogen (secondary N) is 1. The van der Waals surface area contributed by atoms with Gasteiger partial charge in [0.15, 0.2) is 0 Å². The van der Waals surface area contributed by atoms with E-state index in [2.05, 4.69) is 27.9 Å². The lowest BCUT2D eigenvalue weighted by atomic mass is 10.1. The van der Waals surface area contributed by atoms with Gasteiger partial charge in [-0.3, -0.25) is 4.79 Å². The van der Waals surface area contributed by atoms with E-state index in [1.54, 1.807) is 6.07 Å². The fourth-order valence-corrected chi connectivity index (χ4v) is 2.01. The number of rotatable bonds is 4. The molecule has 0 aliphatic heterocycles. The number of thiocarbonyl (C=S) groups is 1. The van der Waals surface area contributed by atoms with Crippen LogP contribution in [0.5, 0.6) is 0 Å². The number of nitrogens with two attached hydrogens (primary N) is 1. The highest BCUT2D eigenvalue weighted by Gasteiger charge is 2.14. The number of carbonyl (C=O) groups is 1. The second-order valence-corrected chi connectivity index (χ2v) is 5.06. The standard InChI is InChI=1S/C11H13IN2OS/c1-2-9(10(13)16)14-11(15)7-4-3-5-8(12)6-7/h3-6,9H,2H2,1H3,(H2,13,16)(H,14,15). The van der Waals surface area contributed by atoms with Crippen LogP contribution in [0, 0.1) is 3.57 Å². The lowest BCUT2D eigenvalue weighted by molar-refractivity contribution is 0.0946. The maximum Gasteiger partial charge on any atom is 0.251 e. The van der Waals surface area contributed by atoms with E-state index in [9.17, 15) is 4.79 Å². The molecule has 0 heterocycles. The molecule has 86 valence electrons. The Hall–Kier alpha value is -0.690. The normalized spacial score (nSPS) is 11.9. The van der Waals surface area contributed by atoms with Gasteiger partial charge in [0.05, 0.1) is 11.0 Å². The van der Waals surface area contributed by atoms with E-state index in [0.717, 1.165) is 3.57 Å². The molecule has 0 radical (unpaired) electrons. The highest BCUT2D eigenvalue weighted by molar-refractivity contribution is 14.1. The summed E-state index contributed by atoms with van der Waals surface area (Å²) >= 11 is 7.04. The minimum Gasteiger partial charge on any atom is -0.392 e. The number of hydrogen-bond acceptors (Lipinski definition) is 2. The highest BCUT2D eigenvalue weighted by Crippen LogP contribution is 2.08. The number of hydrogen-bond donors (Lipinski definition) is 2. The smallest absolute Gasteiger partial charge is 0.251 e. The van der Waals surface area contributed by atoms with Crippen LogP contribution in [0.15, 0.2) is 24.3 Å². The molecule has 1 rings (SSSR count). The van der Waals surface area contributed by atoms with E-state index < -0.39 is 0 Å². The Labute approximate surface area is 114 Å². The van der Waals surface area contributed by atoms with Gasteiger partial charge in [-0.2, -0.15) is 0 Å². The zero-order valence-corrected chi connectivity index (χ0v) is 11.8. The second kappa shape index (κ2) is 6.15. The number of carbonyl (C=O) groups excluding carboxylic acids is 1. The Balaban J connectivity index is 2.75. The Morgan fingerprint density at radius 3 is 2.81 bits per heavy atom. The van der Waals surface area contributed by atoms with Gasteiger partial charge in [0.1, 0.15) is 0 Å². The summed E-state index contributed by atoms with van der Waals surface area (Å²) in [5, 5.41) is 2.80. The molecule has 3 N–H and O–H groups in total. The molecule has 1 aromatic carbocycles. The summed E-state index contributed by atoms with van der Waals surface area (Å²) in [5.41, 5.74) is 6.15. The van der Waals surface area contributed by atoms with E-state index in [-0.39, 0.29) is 11.9 Å². The summed E-state index contributed by atoms with van der Waals surface area (Å²) in [5.74, 6) is -0.141. The Kier molecular flexibility index (Phi) is 5.14. The largest absolute Gasteiger partial charge is 0.392 e. The molecule has 0 saturated carbocycles. The third kappa shape index (κ3) is 3.71. The van der Waals surface area contributed by atoms with Crippen molar-refractivity contribution in [1.82, 2.24) is 5.32 Å². The fraction of sp³-hybridized carbons (Fsp3) is 0.273. The Bertz CT molecular complexity index is 409. The zero-order chi connectivity index (χ0) is 12.1. The zero-order valence-electron chi connectivity index (χ0n) is 8.87. The summed E-state index contributed by atoms with van der Waals surface area (Å²) in [6, 6.07) is 7.13. The molecule has 1 aromatic rings. The van der Waals surface area contributed by atoms with E-state index >= 15 is 0 Å². The van der Waals surface area contributed by atoms with Crippen molar-refractivity contribution in [1.29, 1.82) is 0 Å². The molecule has 0 saturated heterocycles. The van der Waals surface area contributed by atoms with Gasteiger partial charge in [0.25, 0.3) is 5.91 Å². The quantitative estimate of drug-likeness (QED) is 0.647. The fourth-order valence-electron chi connectivity index (χ4n) is 1.25. The predicted octanol–water partition coefficient (Wildman–Crippen LogP) is 2.09. The second-order valence-electron chi connectivity index (χ2n) is 3.35. The molecule has 1 amide bonds. The Morgan fingerprint density at radius 2 is 2.31 bits per heavy atom. The third-order valence-electron chi connectivity index (χ3n) is 2.14.